The maximum Gasteiger partial charge on any atom is 0.275 e. The predicted molar refractivity (Wildman–Crippen MR) is 63.5 cm³/mol. The van der Waals surface area contributed by atoms with Gasteiger partial charge in [0.1, 0.15) is 11.5 Å². The van der Waals surface area contributed by atoms with Crippen LogP contribution >= 0.6 is 11.8 Å². The van der Waals surface area contributed by atoms with Crippen LogP contribution in [0.2, 0.25) is 0 Å². The highest BCUT2D eigenvalue weighted by Gasteiger charge is 2.18. The molecule has 1 aromatic rings. The number of hydrogen-bond donors (Lipinski definition) is 1. The highest BCUT2D eigenvalue weighted by atomic mass is 32.2. The average Bonchev–Trinajstić information content (AvgIpc) is 2.63. The lowest BCUT2D eigenvalue weighted by molar-refractivity contribution is -0.115. The number of thioether (sulfide) groups is 1. The van der Waals surface area contributed by atoms with Crippen LogP contribution < -0.4 is 5.32 Å². The molecule has 2 rings (SSSR count). The minimum atomic E-state index is -0.300. The van der Waals surface area contributed by atoms with E-state index >= 15 is 0 Å². The smallest absolute Gasteiger partial charge is 0.275 e. The number of amidine groups is 1. The second kappa shape index (κ2) is 4.49. The zero-order chi connectivity index (χ0) is 11.5. The van der Waals surface area contributed by atoms with E-state index in [0.717, 1.165) is 5.56 Å². The van der Waals surface area contributed by atoms with Crippen LogP contribution in [0.4, 0.5) is 4.39 Å². The largest absolute Gasteiger partial charge is 0.300 e. The number of nitrogens with one attached hydrogen (secondary N) is 1. The number of nitrogens with zero attached hydrogens (tertiary/aromatic N) is 1. The van der Waals surface area contributed by atoms with E-state index in [1.165, 1.54) is 23.9 Å². The van der Waals surface area contributed by atoms with Crippen LogP contribution in [0.3, 0.4) is 0 Å². The minimum Gasteiger partial charge on any atom is -0.300 e. The van der Waals surface area contributed by atoms with Crippen molar-refractivity contribution >= 4 is 28.9 Å². The van der Waals surface area contributed by atoms with Gasteiger partial charge in [0.15, 0.2) is 5.17 Å². The number of carbonyl (C=O) groups is 1. The molecule has 16 heavy (non-hydrogen) atoms. The molecule has 1 N–H and O–H groups in total. The average molecular weight is 236 g/mol. The third-order valence-electron chi connectivity index (χ3n) is 2.04. The van der Waals surface area contributed by atoms with Crippen molar-refractivity contribution in [2.45, 2.75) is 0 Å². The Bertz CT molecular complexity index is 479. The Morgan fingerprint density at radius 3 is 2.62 bits per heavy atom. The van der Waals surface area contributed by atoms with E-state index in [2.05, 4.69) is 10.3 Å². The van der Waals surface area contributed by atoms with E-state index < -0.39 is 0 Å². The lowest BCUT2D eigenvalue weighted by Crippen LogP contribution is -2.21. The molecule has 5 heteroatoms. The van der Waals surface area contributed by atoms with Gasteiger partial charge in [-0.3, -0.25) is 10.1 Å². The molecule has 0 saturated carbocycles. The van der Waals surface area contributed by atoms with E-state index in [1.54, 1.807) is 18.2 Å². The van der Waals surface area contributed by atoms with Crippen molar-refractivity contribution in [2.75, 3.05) is 6.26 Å². The zero-order valence-corrected chi connectivity index (χ0v) is 9.34. The first kappa shape index (κ1) is 10.9. The van der Waals surface area contributed by atoms with E-state index in [1.807, 2.05) is 6.26 Å². The summed E-state index contributed by atoms with van der Waals surface area (Å²) in [6.45, 7) is 0. The highest BCUT2D eigenvalue weighted by molar-refractivity contribution is 8.13. The zero-order valence-electron chi connectivity index (χ0n) is 8.53. The van der Waals surface area contributed by atoms with Crippen molar-refractivity contribution in [1.82, 2.24) is 5.32 Å². The van der Waals surface area contributed by atoms with Gasteiger partial charge in [-0.25, -0.2) is 9.38 Å². The Morgan fingerprint density at radius 2 is 2.06 bits per heavy atom. The molecule has 3 nitrogen and oxygen atoms in total. The maximum atomic E-state index is 12.7. The van der Waals surface area contributed by atoms with Gasteiger partial charge in [0.25, 0.3) is 5.91 Å². The maximum absolute atomic E-state index is 12.7. The Balaban J connectivity index is 2.28. The highest BCUT2D eigenvalue weighted by Crippen LogP contribution is 2.15. The van der Waals surface area contributed by atoms with Crippen LogP contribution in [0.5, 0.6) is 0 Å². The second-order valence-electron chi connectivity index (χ2n) is 3.16. The molecule has 0 fully saturated rings. The molecule has 0 aromatic heterocycles. The summed E-state index contributed by atoms with van der Waals surface area (Å²) in [5.74, 6) is -0.528. The van der Waals surface area contributed by atoms with E-state index in [-0.39, 0.29) is 11.7 Å². The number of amides is 1. The number of hydrogen-bond acceptors (Lipinski definition) is 3. The number of aliphatic imine (C=N–C) groups is 1. The summed E-state index contributed by atoms with van der Waals surface area (Å²) in [6, 6.07) is 5.89. The molecule has 0 saturated heterocycles. The molecule has 1 aliphatic rings. The lowest BCUT2D eigenvalue weighted by atomic mass is 10.2. The summed E-state index contributed by atoms with van der Waals surface area (Å²) in [6.07, 6.45) is 3.46. The molecule has 0 bridgehead atoms. The van der Waals surface area contributed by atoms with Crippen molar-refractivity contribution in [3.63, 3.8) is 0 Å². The quantitative estimate of drug-likeness (QED) is 0.758. The first-order chi connectivity index (χ1) is 7.69. The third kappa shape index (κ3) is 2.30. The first-order valence-electron chi connectivity index (χ1n) is 4.60. The fraction of sp³-hybridized carbons (Fsp3) is 0.0909. The molecule has 0 atom stereocenters. The predicted octanol–water partition coefficient (Wildman–Crippen LogP) is 2.02. The third-order valence-corrected chi connectivity index (χ3v) is 2.62. The van der Waals surface area contributed by atoms with Crippen LogP contribution in [0.25, 0.3) is 6.08 Å². The van der Waals surface area contributed by atoms with E-state index in [9.17, 15) is 9.18 Å². The summed E-state index contributed by atoms with van der Waals surface area (Å²) >= 11 is 1.37. The molecule has 82 valence electrons. The summed E-state index contributed by atoms with van der Waals surface area (Å²) in [5, 5.41) is 3.20. The van der Waals surface area contributed by atoms with Crippen molar-refractivity contribution in [3.05, 3.63) is 41.3 Å². The van der Waals surface area contributed by atoms with Gasteiger partial charge in [0.2, 0.25) is 0 Å². The standard InChI is InChI=1S/C11H9FN2OS/c1-16-11-13-9(10(15)14-11)6-7-2-4-8(12)5-3-7/h2-6H,1H3,(H,13,14,15)/b9-6-. The Labute approximate surface area is 96.5 Å². The van der Waals surface area contributed by atoms with Crippen LogP contribution in [0.1, 0.15) is 5.56 Å². The molecule has 0 unspecified atom stereocenters. The van der Waals surface area contributed by atoms with E-state index in [4.69, 9.17) is 0 Å². The summed E-state index contributed by atoms with van der Waals surface area (Å²) in [4.78, 5) is 15.5. The van der Waals surface area contributed by atoms with E-state index in [0.29, 0.717) is 10.9 Å². The number of carbonyl (C=O) groups excluding carboxylic acids is 1. The van der Waals surface area contributed by atoms with Gasteiger partial charge in [-0.05, 0) is 30.0 Å². The molecule has 1 heterocycles. The van der Waals surface area contributed by atoms with Crippen molar-refractivity contribution in [3.8, 4) is 0 Å². The minimum absolute atomic E-state index is 0.228. The Kier molecular flexibility index (Phi) is 3.05. The molecule has 1 amide bonds. The molecular formula is C11H9FN2OS. The molecule has 1 aromatic carbocycles. The summed E-state index contributed by atoms with van der Waals surface area (Å²) in [7, 11) is 0. The Hall–Kier alpha value is -1.62. The van der Waals surface area contributed by atoms with Crippen molar-refractivity contribution < 1.29 is 9.18 Å². The topological polar surface area (TPSA) is 41.5 Å². The Morgan fingerprint density at radius 1 is 1.38 bits per heavy atom. The number of benzene rings is 1. The fourth-order valence-electron chi connectivity index (χ4n) is 1.26. The molecule has 0 radical (unpaired) electrons. The monoisotopic (exact) mass is 236 g/mol. The molecule has 1 aliphatic heterocycles. The lowest BCUT2D eigenvalue weighted by Gasteiger charge is -1.94. The van der Waals surface area contributed by atoms with Crippen LogP contribution in [-0.4, -0.2) is 17.3 Å². The van der Waals surface area contributed by atoms with Gasteiger partial charge in [0.05, 0.1) is 0 Å². The van der Waals surface area contributed by atoms with Gasteiger partial charge in [-0.1, -0.05) is 23.9 Å². The summed E-state index contributed by atoms with van der Waals surface area (Å²) in [5.41, 5.74) is 1.09. The van der Waals surface area contributed by atoms with Crippen LogP contribution in [0, 0.1) is 5.82 Å². The number of halogens is 1. The SMILES string of the molecule is CSC1=N/C(=C\c2ccc(F)cc2)C(=O)N1. The van der Waals surface area contributed by atoms with Gasteiger partial charge < -0.3 is 0 Å². The molecule has 0 spiro atoms. The molecular weight excluding hydrogens is 227 g/mol. The summed E-state index contributed by atoms with van der Waals surface area (Å²) < 4.78 is 12.7. The first-order valence-corrected chi connectivity index (χ1v) is 5.83. The van der Waals surface area contributed by atoms with Crippen molar-refractivity contribution in [1.29, 1.82) is 0 Å². The number of rotatable bonds is 1. The van der Waals surface area contributed by atoms with Gasteiger partial charge >= 0.3 is 0 Å². The van der Waals surface area contributed by atoms with Gasteiger partial charge in [-0.2, -0.15) is 0 Å². The van der Waals surface area contributed by atoms with Crippen LogP contribution in [-0.2, 0) is 4.79 Å². The second-order valence-corrected chi connectivity index (χ2v) is 3.95. The van der Waals surface area contributed by atoms with Crippen LogP contribution in [0.15, 0.2) is 35.0 Å². The van der Waals surface area contributed by atoms with Crippen molar-refractivity contribution in [2.24, 2.45) is 4.99 Å². The normalized spacial score (nSPS) is 17.5. The van der Waals surface area contributed by atoms with Gasteiger partial charge in [0, 0.05) is 0 Å². The molecule has 0 aliphatic carbocycles. The van der Waals surface area contributed by atoms with Gasteiger partial charge in [-0.15, -0.1) is 0 Å². The fourth-order valence-corrected chi connectivity index (χ4v) is 1.65.